The number of hydrogen-bond acceptors (Lipinski definition) is 4. The fourth-order valence-electron chi connectivity index (χ4n) is 1.80. The fourth-order valence-corrected chi connectivity index (χ4v) is 1.80. The Morgan fingerprint density at radius 1 is 0.900 bits per heavy atom. The number of phenols is 2. The summed E-state index contributed by atoms with van der Waals surface area (Å²) in [5.41, 5.74) is 1.44. The van der Waals surface area contributed by atoms with Crippen LogP contribution in [0.1, 0.15) is 11.1 Å². The molecule has 2 aromatic carbocycles. The molecule has 0 heterocycles. The molecule has 0 saturated carbocycles. The van der Waals surface area contributed by atoms with Crippen LogP contribution in [0.3, 0.4) is 0 Å². The predicted octanol–water partition coefficient (Wildman–Crippen LogP) is 3.29. The first-order valence-electron chi connectivity index (χ1n) is 6.06. The first kappa shape index (κ1) is 13.8. The monoisotopic (exact) mass is 272 g/mol. The Balaban J connectivity index is 2.29. The van der Waals surface area contributed by atoms with Crippen LogP contribution < -0.4 is 9.47 Å². The molecule has 104 valence electrons. The third-order valence-electron chi connectivity index (χ3n) is 2.88. The van der Waals surface area contributed by atoms with E-state index in [0.717, 1.165) is 11.3 Å². The van der Waals surface area contributed by atoms with Crippen LogP contribution in [0.5, 0.6) is 23.0 Å². The summed E-state index contributed by atoms with van der Waals surface area (Å²) in [4.78, 5) is 0. The van der Waals surface area contributed by atoms with Gasteiger partial charge < -0.3 is 19.7 Å². The van der Waals surface area contributed by atoms with Crippen molar-refractivity contribution < 1.29 is 19.7 Å². The van der Waals surface area contributed by atoms with Gasteiger partial charge >= 0.3 is 0 Å². The Morgan fingerprint density at radius 2 is 1.70 bits per heavy atom. The molecular weight excluding hydrogens is 256 g/mol. The van der Waals surface area contributed by atoms with Gasteiger partial charge in [-0.15, -0.1) is 0 Å². The Morgan fingerprint density at radius 3 is 2.40 bits per heavy atom. The molecule has 0 bridgehead atoms. The number of ether oxygens (including phenoxy) is 2. The number of benzene rings is 2. The maximum absolute atomic E-state index is 9.86. The summed E-state index contributed by atoms with van der Waals surface area (Å²) >= 11 is 0. The first-order valence-corrected chi connectivity index (χ1v) is 6.06. The quantitative estimate of drug-likeness (QED) is 0.662. The van der Waals surface area contributed by atoms with Crippen LogP contribution in [-0.4, -0.2) is 24.4 Å². The maximum Gasteiger partial charge on any atom is 0.164 e. The summed E-state index contributed by atoms with van der Waals surface area (Å²) in [6.07, 6.45) is 3.53. The van der Waals surface area contributed by atoms with Crippen molar-refractivity contribution in [2.75, 3.05) is 14.2 Å². The highest BCUT2D eigenvalue weighted by Gasteiger charge is 2.06. The van der Waals surface area contributed by atoms with Crippen molar-refractivity contribution in [3.8, 4) is 23.0 Å². The van der Waals surface area contributed by atoms with Gasteiger partial charge in [0.2, 0.25) is 0 Å². The molecule has 0 aliphatic carbocycles. The molecule has 2 N–H and O–H groups in total. The summed E-state index contributed by atoms with van der Waals surface area (Å²) < 4.78 is 10.1. The molecular formula is C16H16O4. The molecule has 20 heavy (non-hydrogen) atoms. The second kappa shape index (κ2) is 6.02. The van der Waals surface area contributed by atoms with Crippen molar-refractivity contribution in [3.05, 3.63) is 47.5 Å². The van der Waals surface area contributed by atoms with E-state index in [1.165, 1.54) is 19.2 Å². The van der Waals surface area contributed by atoms with Crippen LogP contribution in [-0.2, 0) is 0 Å². The van der Waals surface area contributed by atoms with E-state index in [4.69, 9.17) is 9.47 Å². The van der Waals surface area contributed by atoms with Gasteiger partial charge in [-0.05, 0) is 23.8 Å². The van der Waals surface area contributed by atoms with E-state index in [1.807, 2.05) is 30.3 Å². The van der Waals surface area contributed by atoms with Crippen molar-refractivity contribution in [1.29, 1.82) is 0 Å². The third kappa shape index (κ3) is 3.03. The Hall–Kier alpha value is -2.62. The van der Waals surface area contributed by atoms with Crippen LogP contribution in [0.25, 0.3) is 12.2 Å². The largest absolute Gasteiger partial charge is 0.507 e. The minimum atomic E-state index is -0.0180. The molecule has 0 amide bonds. The lowest BCUT2D eigenvalue weighted by Gasteiger charge is -2.06. The highest BCUT2D eigenvalue weighted by atomic mass is 16.5. The van der Waals surface area contributed by atoms with Crippen molar-refractivity contribution in [2.24, 2.45) is 0 Å². The zero-order valence-corrected chi connectivity index (χ0v) is 11.3. The van der Waals surface area contributed by atoms with Crippen LogP contribution >= 0.6 is 0 Å². The molecule has 4 heteroatoms. The highest BCUT2D eigenvalue weighted by Crippen LogP contribution is 2.34. The molecule has 0 aliphatic heterocycles. The van der Waals surface area contributed by atoms with Crippen molar-refractivity contribution in [1.82, 2.24) is 0 Å². The number of rotatable bonds is 4. The van der Waals surface area contributed by atoms with Crippen LogP contribution in [0.2, 0.25) is 0 Å². The summed E-state index contributed by atoms with van der Waals surface area (Å²) in [6, 6.07) is 10.3. The van der Waals surface area contributed by atoms with Crippen molar-refractivity contribution in [2.45, 2.75) is 0 Å². The topological polar surface area (TPSA) is 58.9 Å². The number of phenolic OH excluding ortho intramolecular Hbond substituents is 2. The molecule has 4 nitrogen and oxygen atoms in total. The average Bonchev–Trinajstić information content (AvgIpc) is 2.48. The third-order valence-corrected chi connectivity index (χ3v) is 2.88. The molecule has 0 atom stereocenters. The zero-order valence-electron chi connectivity index (χ0n) is 11.3. The minimum absolute atomic E-state index is 0.0180. The fraction of sp³-hybridized carbons (Fsp3) is 0.125. The smallest absolute Gasteiger partial charge is 0.164 e. The summed E-state index contributed by atoms with van der Waals surface area (Å²) in [6.45, 7) is 0. The SMILES string of the molecule is COc1cccc(/C=C/c2cc(O)c(OC)cc2O)c1. The average molecular weight is 272 g/mol. The molecule has 0 aliphatic rings. The van der Waals surface area contributed by atoms with E-state index >= 15 is 0 Å². The van der Waals surface area contributed by atoms with Crippen LogP contribution in [0, 0.1) is 0 Å². The van der Waals surface area contributed by atoms with Gasteiger partial charge in [0.05, 0.1) is 14.2 Å². The summed E-state index contributed by atoms with van der Waals surface area (Å²) in [5.74, 6) is 1.02. The standard InChI is InChI=1S/C16H16O4/c1-19-13-5-3-4-11(8-13)6-7-12-9-15(18)16(20-2)10-14(12)17/h3-10,17-18H,1-2H3/b7-6+. The predicted molar refractivity (Wildman–Crippen MR) is 78.2 cm³/mol. The van der Waals surface area contributed by atoms with Gasteiger partial charge in [0, 0.05) is 11.6 Å². The van der Waals surface area contributed by atoms with Gasteiger partial charge in [-0.1, -0.05) is 24.3 Å². The van der Waals surface area contributed by atoms with E-state index in [1.54, 1.807) is 13.2 Å². The molecule has 0 saturated heterocycles. The number of hydrogen-bond donors (Lipinski definition) is 2. The maximum atomic E-state index is 9.86. The van der Waals surface area contributed by atoms with E-state index in [9.17, 15) is 10.2 Å². The highest BCUT2D eigenvalue weighted by molar-refractivity contribution is 5.74. The van der Waals surface area contributed by atoms with Gasteiger partial charge in [0.15, 0.2) is 11.5 Å². The lowest BCUT2D eigenvalue weighted by molar-refractivity contribution is 0.368. The van der Waals surface area contributed by atoms with Gasteiger partial charge in [0.1, 0.15) is 11.5 Å². The molecule has 2 aromatic rings. The van der Waals surface area contributed by atoms with Crippen LogP contribution in [0.15, 0.2) is 36.4 Å². The number of methoxy groups -OCH3 is 2. The summed E-state index contributed by atoms with van der Waals surface area (Å²) in [5, 5.41) is 19.6. The Kier molecular flexibility index (Phi) is 4.15. The van der Waals surface area contributed by atoms with Gasteiger partial charge in [-0.3, -0.25) is 0 Å². The molecule has 0 fully saturated rings. The molecule has 0 spiro atoms. The normalized spacial score (nSPS) is 10.7. The molecule has 2 rings (SSSR count). The van der Waals surface area contributed by atoms with E-state index < -0.39 is 0 Å². The Bertz CT molecular complexity index is 632. The first-order chi connectivity index (χ1) is 9.63. The zero-order chi connectivity index (χ0) is 14.5. The van der Waals surface area contributed by atoms with Gasteiger partial charge in [-0.2, -0.15) is 0 Å². The van der Waals surface area contributed by atoms with Crippen molar-refractivity contribution >= 4 is 12.2 Å². The minimum Gasteiger partial charge on any atom is -0.507 e. The van der Waals surface area contributed by atoms with E-state index in [0.29, 0.717) is 5.56 Å². The van der Waals surface area contributed by atoms with Crippen LogP contribution in [0.4, 0.5) is 0 Å². The second-order valence-corrected chi connectivity index (χ2v) is 4.19. The van der Waals surface area contributed by atoms with E-state index in [2.05, 4.69) is 0 Å². The molecule has 0 unspecified atom stereocenters. The Labute approximate surface area is 117 Å². The molecule has 0 aromatic heterocycles. The molecule has 0 radical (unpaired) electrons. The summed E-state index contributed by atoms with van der Waals surface area (Å²) in [7, 11) is 3.04. The van der Waals surface area contributed by atoms with Gasteiger partial charge in [0.25, 0.3) is 0 Å². The van der Waals surface area contributed by atoms with Crippen molar-refractivity contribution in [3.63, 3.8) is 0 Å². The van der Waals surface area contributed by atoms with Gasteiger partial charge in [-0.25, -0.2) is 0 Å². The lowest BCUT2D eigenvalue weighted by atomic mass is 10.1. The lowest BCUT2D eigenvalue weighted by Crippen LogP contribution is -1.85. The number of aromatic hydroxyl groups is 2. The second-order valence-electron chi connectivity index (χ2n) is 4.19. The van der Waals surface area contributed by atoms with E-state index in [-0.39, 0.29) is 17.2 Å².